The molecular formula is C16H11O4-. The van der Waals surface area contributed by atoms with Crippen LogP contribution in [0, 0.1) is 0 Å². The highest BCUT2D eigenvalue weighted by molar-refractivity contribution is 6.12. The minimum atomic E-state index is -1.17. The maximum atomic E-state index is 12.5. The molecule has 0 saturated heterocycles. The number of ether oxygens (including phenoxy) is 1. The van der Waals surface area contributed by atoms with Gasteiger partial charge in [0.05, 0.1) is 5.56 Å². The second-order valence-electron chi connectivity index (χ2n) is 4.65. The number of carboxylic acid groups (broad SMARTS) is 1. The van der Waals surface area contributed by atoms with Gasteiger partial charge in [0.2, 0.25) is 0 Å². The van der Waals surface area contributed by atoms with Crippen LogP contribution < -0.4 is 9.84 Å². The number of hydrogen-bond acceptors (Lipinski definition) is 4. The molecule has 20 heavy (non-hydrogen) atoms. The molecule has 0 aromatic heterocycles. The van der Waals surface area contributed by atoms with E-state index in [1.54, 1.807) is 30.3 Å². The summed E-state index contributed by atoms with van der Waals surface area (Å²) in [6.45, 7) is 0.328. The molecule has 2 aromatic carbocycles. The van der Waals surface area contributed by atoms with Crippen LogP contribution >= 0.6 is 0 Å². The molecule has 0 bridgehead atoms. The number of benzene rings is 2. The first kappa shape index (κ1) is 12.4. The molecule has 100 valence electrons. The first-order valence-electron chi connectivity index (χ1n) is 6.23. The van der Waals surface area contributed by atoms with E-state index in [1.807, 2.05) is 12.1 Å². The average Bonchev–Trinajstić information content (AvgIpc) is 2.57. The molecule has 0 fully saturated rings. The van der Waals surface area contributed by atoms with Gasteiger partial charge in [-0.2, -0.15) is 0 Å². The van der Waals surface area contributed by atoms with Gasteiger partial charge in [0.1, 0.15) is 12.4 Å². The van der Waals surface area contributed by atoms with Crippen molar-refractivity contribution in [3.63, 3.8) is 0 Å². The fourth-order valence-corrected chi connectivity index (χ4v) is 2.33. The number of ketones is 1. The number of fused-ring (bicyclic) bond motifs is 2. The topological polar surface area (TPSA) is 66.4 Å². The molecule has 0 unspecified atom stereocenters. The standard InChI is InChI=1S/C16H12O4/c17-15(18)8-10-5-6-14-13(7-10)16(19)12-4-2-1-3-11(12)9-20-14/h1-7H,8-9H2,(H,17,18)/p-1. The molecule has 4 nitrogen and oxygen atoms in total. The Balaban J connectivity index is 2.08. The summed E-state index contributed by atoms with van der Waals surface area (Å²) in [5, 5.41) is 10.7. The monoisotopic (exact) mass is 267 g/mol. The lowest BCUT2D eigenvalue weighted by molar-refractivity contribution is -0.304. The Kier molecular flexibility index (Phi) is 2.99. The van der Waals surface area contributed by atoms with Crippen LogP contribution in [0.2, 0.25) is 0 Å². The van der Waals surface area contributed by atoms with Gasteiger partial charge in [-0.3, -0.25) is 4.79 Å². The van der Waals surface area contributed by atoms with Crippen LogP contribution in [-0.4, -0.2) is 11.8 Å². The lowest BCUT2D eigenvalue weighted by Gasteiger charge is -2.09. The fourth-order valence-electron chi connectivity index (χ4n) is 2.33. The minimum absolute atomic E-state index is 0.145. The first-order valence-corrected chi connectivity index (χ1v) is 6.23. The number of hydrogen-bond donors (Lipinski definition) is 0. The molecule has 0 aliphatic carbocycles. The number of rotatable bonds is 2. The van der Waals surface area contributed by atoms with Gasteiger partial charge in [-0.15, -0.1) is 0 Å². The zero-order chi connectivity index (χ0) is 14.1. The Hall–Kier alpha value is -2.62. The summed E-state index contributed by atoms with van der Waals surface area (Å²) in [6, 6.07) is 12.1. The van der Waals surface area contributed by atoms with E-state index in [-0.39, 0.29) is 12.2 Å². The summed E-state index contributed by atoms with van der Waals surface area (Å²) >= 11 is 0. The quantitative estimate of drug-likeness (QED) is 0.817. The van der Waals surface area contributed by atoms with Crippen molar-refractivity contribution in [2.75, 3.05) is 0 Å². The molecule has 0 radical (unpaired) electrons. The van der Waals surface area contributed by atoms with Crippen LogP contribution in [0.5, 0.6) is 5.75 Å². The van der Waals surface area contributed by atoms with Crippen molar-refractivity contribution in [2.24, 2.45) is 0 Å². The predicted octanol–water partition coefficient (Wildman–Crippen LogP) is 1.10. The molecule has 1 heterocycles. The third-order valence-corrected chi connectivity index (χ3v) is 3.28. The molecule has 0 amide bonds. The van der Waals surface area contributed by atoms with Crippen LogP contribution in [0.25, 0.3) is 0 Å². The van der Waals surface area contributed by atoms with Gasteiger partial charge in [-0.25, -0.2) is 0 Å². The van der Waals surface area contributed by atoms with Crippen LogP contribution in [0.1, 0.15) is 27.0 Å². The number of carbonyl (C=O) groups is 2. The van der Waals surface area contributed by atoms with Crippen molar-refractivity contribution in [1.82, 2.24) is 0 Å². The second kappa shape index (κ2) is 4.81. The molecule has 1 aliphatic heterocycles. The summed E-state index contributed by atoms with van der Waals surface area (Å²) < 4.78 is 5.62. The first-order chi connectivity index (χ1) is 9.65. The summed E-state index contributed by atoms with van der Waals surface area (Å²) in [7, 11) is 0. The Bertz CT molecular complexity index is 703. The summed E-state index contributed by atoms with van der Waals surface area (Å²) in [4.78, 5) is 23.2. The molecule has 3 rings (SSSR count). The molecule has 1 aliphatic rings. The molecule has 4 heteroatoms. The number of aliphatic carboxylic acids is 1. The van der Waals surface area contributed by atoms with Gasteiger partial charge >= 0.3 is 0 Å². The molecule has 0 spiro atoms. The van der Waals surface area contributed by atoms with Gasteiger partial charge in [-0.1, -0.05) is 30.3 Å². The molecule has 0 atom stereocenters. The zero-order valence-corrected chi connectivity index (χ0v) is 10.6. The van der Waals surface area contributed by atoms with E-state index in [1.165, 1.54) is 0 Å². The number of carbonyl (C=O) groups excluding carboxylic acids is 2. The summed E-state index contributed by atoms with van der Waals surface area (Å²) in [5.41, 5.74) is 2.35. The van der Waals surface area contributed by atoms with Gasteiger partial charge in [0.25, 0.3) is 0 Å². The van der Waals surface area contributed by atoms with Crippen LogP contribution in [0.3, 0.4) is 0 Å². The maximum Gasteiger partial charge on any atom is 0.197 e. The molecule has 0 saturated carbocycles. The van der Waals surface area contributed by atoms with E-state index >= 15 is 0 Å². The predicted molar refractivity (Wildman–Crippen MR) is 69.4 cm³/mol. The van der Waals surface area contributed by atoms with Crippen molar-refractivity contribution < 1.29 is 19.4 Å². The van der Waals surface area contributed by atoms with E-state index in [9.17, 15) is 14.7 Å². The van der Waals surface area contributed by atoms with Crippen molar-refractivity contribution in [3.05, 3.63) is 64.7 Å². The Morgan fingerprint density at radius 1 is 1.15 bits per heavy atom. The lowest BCUT2D eigenvalue weighted by atomic mass is 9.97. The van der Waals surface area contributed by atoms with Gasteiger partial charge in [0.15, 0.2) is 5.78 Å². The Morgan fingerprint density at radius 2 is 1.95 bits per heavy atom. The molecule has 0 N–H and O–H groups in total. The van der Waals surface area contributed by atoms with Crippen molar-refractivity contribution in [3.8, 4) is 5.75 Å². The smallest absolute Gasteiger partial charge is 0.197 e. The molecular weight excluding hydrogens is 256 g/mol. The van der Waals surface area contributed by atoms with Crippen LogP contribution in [0.4, 0.5) is 0 Å². The third-order valence-electron chi connectivity index (χ3n) is 3.28. The summed E-state index contributed by atoms with van der Waals surface area (Å²) in [6.07, 6.45) is -0.220. The number of carboxylic acids is 1. The fraction of sp³-hybridized carbons (Fsp3) is 0.125. The second-order valence-corrected chi connectivity index (χ2v) is 4.65. The lowest BCUT2D eigenvalue weighted by Crippen LogP contribution is -2.24. The zero-order valence-electron chi connectivity index (χ0n) is 10.6. The largest absolute Gasteiger partial charge is 0.550 e. The SMILES string of the molecule is O=C([O-])Cc1ccc2c(c1)C(=O)c1ccccc1CO2. The van der Waals surface area contributed by atoms with E-state index in [2.05, 4.69) is 0 Å². The van der Waals surface area contributed by atoms with Crippen LogP contribution in [-0.2, 0) is 17.8 Å². The van der Waals surface area contributed by atoms with Gasteiger partial charge < -0.3 is 14.6 Å². The van der Waals surface area contributed by atoms with Crippen molar-refractivity contribution in [1.29, 1.82) is 0 Å². The highest BCUT2D eigenvalue weighted by atomic mass is 16.5. The van der Waals surface area contributed by atoms with Crippen LogP contribution in [0.15, 0.2) is 42.5 Å². The van der Waals surface area contributed by atoms with Gasteiger partial charge in [0, 0.05) is 23.5 Å². The Labute approximate surface area is 115 Å². The van der Waals surface area contributed by atoms with Gasteiger partial charge in [-0.05, 0) is 17.7 Å². The third kappa shape index (κ3) is 2.16. The van der Waals surface area contributed by atoms with E-state index < -0.39 is 5.97 Å². The summed E-state index contributed by atoms with van der Waals surface area (Å²) in [5.74, 6) is -0.839. The Morgan fingerprint density at radius 3 is 2.75 bits per heavy atom. The van der Waals surface area contributed by atoms with Crippen molar-refractivity contribution in [2.45, 2.75) is 13.0 Å². The normalized spacial score (nSPS) is 12.9. The van der Waals surface area contributed by atoms with Crippen molar-refractivity contribution >= 4 is 11.8 Å². The molecule has 2 aromatic rings. The highest BCUT2D eigenvalue weighted by Crippen LogP contribution is 2.29. The van der Waals surface area contributed by atoms with E-state index in [0.29, 0.717) is 29.0 Å². The van der Waals surface area contributed by atoms with E-state index in [0.717, 1.165) is 5.56 Å². The minimum Gasteiger partial charge on any atom is -0.550 e. The average molecular weight is 267 g/mol. The maximum absolute atomic E-state index is 12.5. The highest BCUT2D eigenvalue weighted by Gasteiger charge is 2.22. The van der Waals surface area contributed by atoms with E-state index in [4.69, 9.17) is 4.74 Å².